The van der Waals surface area contributed by atoms with Crippen molar-refractivity contribution in [3.8, 4) is 0 Å². The largest absolute Gasteiger partial charge is 0.481 e. The minimum atomic E-state index is -0.785. The number of carbonyl (C=O) groups excluding carboxylic acids is 1. The van der Waals surface area contributed by atoms with Gasteiger partial charge in [0, 0.05) is 18.1 Å². The van der Waals surface area contributed by atoms with Gasteiger partial charge in [-0.25, -0.2) is 0 Å². The monoisotopic (exact) mass is 296 g/mol. The first-order valence-corrected chi connectivity index (χ1v) is 6.88. The zero-order chi connectivity index (χ0) is 14.5. The molecule has 1 aromatic rings. The number of carboxylic acid groups (broad SMARTS) is 1. The van der Waals surface area contributed by atoms with Gasteiger partial charge in [-0.1, -0.05) is 23.7 Å². The molecule has 2 N–H and O–H groups in total. The van der Waals surface area contributed by atoms with E-state index in [1.165, 1.54) is 0 Å². The van der Waals surface area contributed by atoms with E-state index in [4.69, 9.17) is 16.7 Å². The van der Waals surface area contributed by atoms with Gasteiger partial charge >= 0.3 is 5.97 Å². The highest BCUT2D eigenvalue weighted by Crippen LogP contribution is 2.15. The quantitative estimate of drug-likeness (QED) is 0.861. The number of nitrogens with zero attached hydrogens (tertiary/aromatic N) is 1. The van der Waals surface area contributed by atoms with Gasteiger partial charge in [-0.15, -0.1) is 0 Å². The SMILES string of the molecule is O=C(CN1CCC(C(=O)O)C1)NCc1cccc(Cl)c1. The van der Waals surface area contributed by atoms with Crippen molar-refractivity contribution in [1.82, 2.24) is 10.2 Å². The number of rotatable bonds is 5. The molecular weight excluding hydrogens is 280 g/mol. The van der Waals surface area contributed by atoms with E-state index in [9.17, 15) is 9.59 Å². The Balaban J connectivity index is 1.75. The summed E-state index contributed by atoms with van der Waals surface area (Å²) in [5.41, 5.74) is 0.940. The van der Waals surface area contributed by atoms with Gasteiger partial charge in [-0.05, 0) is 30.7 Å². The van der Waals surface area contributed by atoms with Gasteiger partial charge in [0.05, 0.1) is 12.5 Å². The lowest BCUT2D eigenvalue weighted by atomic mass is 10.1. The molecule has 1 aromatic carbocycles. The Morgan fingerprint density at radius 2 is 2.25 bits per heavy atom. The fourth-order valence-electron chi connectivity index (χ4n) is 2.28. The second kappa shape index (κ2) is 6.72. The Kier molecular flexibility index (Phi) is 4.98. The predicted molar refractivity (Wildman–Crippen MR) is 75.5 cm³/mol. The summed E-state index contributed by atoms with van der Waals surface area (Å²) in [7, 11) is 0. The molecule has 1 aliphatic heterocycles. The zero-order valence-corrected chi connectivity index (χ0v) is 11.8. The van der Waals surface area contributed by atoms with Gasteiger partial charge < -0.3 is 10.4 Å². The van der Waals surface area contributed by atoms with E-state index in [-0.39, 0.29) is 18.4 Å². The topological polar surface area (TPSA) is 69.6 Å². The molecule has 0 saturated carbocycles. The van der Waals surface area contributed by atoms with E-state index in [1.54, 1.807) is 12.1 Å². The van der Waals surface area contributed by atoms with Crippen LogP contribution in [0.4, 0.5) is 0 Å². The van der Waals surface area contributed by atoms with Crippen LogP contribution in [0.25, 0.3) is 0 Å². The molecule has 1 unspecified atom stereocenters. The first kappa shape index (κ1) is 14.8. The summed E-state index contributed by atoms with van der Waals surface area (Å²) >= 11 is 5.87. The lowest BCUT2D eigenvalue weighted by Crippen LogP contribution is -2.36. The van der Waals surface area contributed by atoms with Crippen molar-refractivity contribution in [3.05, 3.63) is 34.9 Å². The Morgan fingerprint density at radius 1 is 1.45 bits per heavy atom. The fourth-order valence-corrected chi connectivity index (χ4v) is 2.50. The van der Waals surface area contributed by atoms with Crippen molar-refractivity contribution in [2.45, 2.75) is 13.0 Å². The third-order valence-corrected chi connectivity index (χ3v) is 3.60. The zero-order valence-electron chi connectivity index (χ0n) is 11.0. The van der Waals surface area contributed by atoms with Crippen LogP contribution in [0.5, 0.6) is 0 Å². The number of hydrogen-bond acceptors (Lipinski definition) is 3. The number of benzene rings is 1. The second-order valence-corrected chi connectivity index (χ2v) is 5.40. The number of hydrogen-bond donors (Lipinski definition) is 2. The van der Waals surface area contributed by atoms with Crippen LogP contribution in [0, 0.1) is 5.92 Å². The van der Waals surface area contributed by atoms with E-state index in [2.05, 4.69) is 5.32 Å². The molecular formula is C14H17ClN2O3. The Hall–Kier alpha value is -1.59. The smallest absolute Gasteiger partial charge is 0.307 e. The van der Waals surface area contributed by atoms with Crippen molar-refractivity contribution in [1.29, 1.82) is 0 Å². The van der Waals surface area contributed by atoms with Crippen molar-refractivity contribution < 1.29 is 14.7 Å². The molecule has 0 aromatic heterocycles. The van der Waals surface area contributed by atoms with Crippen molar-refractivity contribution >= 4 is 23.5 Å². The first-order chi connectivity index (χ1) is 9.54. The van der Waals surface area contributed by atoms with Crippen molar-refractivity contribution in [3.63, 3.8) is 0 Å². The lowest BCUT2D eigenvalue weighted by molar-refractivity contribution is -0.141. The summed E-state index contributed by atoms with van der Waals surface area (Å²) in [6.45, 7) is 1.77. The summed E-state index contributed by atoms with van der Waals surface area (Å²) in [5.74, 6) is -1.24. The van der Waals surface area contributed by atoms with Crippen LogP contribution in [-0.2, 0) is 16.1 Å². The van der Waals surface area contributed by atoms with E-state index in [0.717, 1.165) is 5.56 Å². The molecule has 1 heterocycles. The Morgan fingerprint density at radius 3 is 2.90 bits per heavy atom. The van der Waals surface area contributed by atoms with Crippen LogP contribution in [0.15, 0.2) is 24.3 Å². The second-order valence-electron chi connectivity index (χ2n) is 4.97. The number of likely N-dealkylation sites (tertiary alicyclic amines) is 1. The average molecular weight is 297 g/mol. The van der Waals surface area contributed by atoms with Gasteiger partial charge in [-0.3, -0.25) is 14.5 Å². The number of nitrogens with one attached hydrogen (secondary N) is 1. The Labute approximate surface area is 122 Å². The van der Waals surface area contributed by atoms with Crippen LogP contribution in [-0.4, -0.2) is 41.5 Å². The summed E-state index contributed by atoms with van der Waals surface area (Å²) in [4.78, 5) is 24.5. The van der Waals surface area contributed by atoms with Gasteiger partial charge in [0.15, 0.2) is 0 Å². The normalized spacial score (nSPS) is 18.9. The first-order valence-electron chi connectivity index (χ1n) is 6.51. The lowest BCUT2D eigenvalue weighted by Gasteiger charge is -2.14. The molecule has 5 nitrogen and oxygen atoms in total. The van der Waals surface area contributed by atoms with E-state index in [1.807, 2.05) is 17.0 Å². The highest BCUT2D eigenvalue weighted by molar-refractivity contribution is 6.30. The third-order valence-electron chi connectivity index (χ3n) is 3.37. The number of halogens is 1. The van der Waals surface area contributed by atoms with Gasteiger partial charge in [0.2, 0.25) is 5.91 Å². The van der Waals surface area contributed by atoms with E-state index in [0.29, 0.717) is 31.1 Å². The van der Waals surface area contributed by atoms with Crippen LogP contribution >= 0.6 is 11.6 Å². The van der Waals surface area contributed by atoms with Gasteiger partial charge in [-0.2, -0.15) is 0 Å². The standard InChI is InChI=1S/C14H17ClN2O3/c15-12-3-1-2-10(6-12)7-16-13(18)9-17-5-4-11(8-17)14(19)20/h1-3,6,11H,4-5,7-9H2,(H,16,18)(H,19,20). The van der Waals surface area contributed by atoms with Crippen molar-refractivity contribution in [2.75, 3.05) is 19.6 Å². The van der Waals surface area contributed by atoms with Crippen LogP contribution in [0.3, 0.4) is 0 Å². The predicted octanol–water partition coefficient (Wildman–Crippen LogP) is 1.36. The van der Waals surface area contributed by atoms with Crippen LogP contribution in [0.2, 0.25) is 5.02 Å². The van der Waals surface area contributed by atoms with Gasteiger partial charge in [0.1, 0.15) is 0 Å². The maximum Gasteiger partial charge on any atom is 0.307 e. The van der Waals surface area contributed by atoms with Crippen molar-refractivity contribution in [2.24, 2.45) is 5.92 Å². The summed E-state index contributed by atoms with van der Waals surface area (Å²) in [6.07, 6.45) is 0.608. The molecule has 0 radical (unpaired) electrons. The molecule has 1 amide bonds. The van der Waals surface area contributed by atoms with E-state index < -0.39 is 5.97 Å². The summed E-state index contributed by atoms with van der Waals surface area (Å²) < 4.78 is 0. The van der Waals surface area contributed by atoms with E-state index >= 15 is 0 Å². The summed E-state index contributed by atoms with van der Waals surface area (Å²) in [6, 6.07) is 7.31. The molecule has 2 rings (SSSR count). The number of carbonyl (C=O) groups is 2. The maximum atomic E-state index is 11.8. The number of amides is 1. The molecule has 1 aliphatic rings. The molecule has 0 spiro atoms. The average Bonchev–Trinajstić information content (AvgIpc) is 2.85. The van der Waals surface area contributed by atoms with Crippen LogP contribution in [0.1, 0.15) is 12.0 Å². The number of aliphatic carboxylic acids is 1. The fraction of sp³-hybridized carbons (Fsp3) is 0.429. The minimum absolute atomic E-state index is 0.101. The molecule has 6 heteroatoms. The molecule has 1 fully saturated rings. The van der Waals surface area contributed by atoms with Crippen LogP contribution < -0.4 is 5.32 Å². The summed E-state index contributed by atoms with van der Waals surface area (Å²) in [5, 5.41) is 12.4. The minimum Gasteiger partial charge on any atom is -0.481 e. The third kappa shape index (κ3) is 4.21. The highest BCUT2D eigenvalue weighted by Gasteiger charge is 2.28. The highest BCUT2D eigenvalue weighted by atomic mass is 35.5. The molecule has 1 atom stereocenters. The molecule has 108 valence electrons. The molecule has 20 heavy (non-hydrogen) atoms. The Bertz CT molecular complexity index is 507. The molecule has 0 aliphatic carbocycles. The molecule has 1 saturated heterocycles. The van der Waals surface area contributed by atoms with Gasteiger partial charge in [0.25, 0.3) is 0 Å². The maximum absolute atomic E-state index is 11.8. The number of carboxylic acids is 1. The molecule has 0 bridgehead atoms.